The Bertz CT molecular complexity index is 338. The molecule has 0 aliphatic carbocycles. The Kier molecular flexibility index (Phi) is 3.21. The second-order valence-electron chi connectivity index (χ2n) is 4.64. The van der Waals surface area contributed by atoms with Crippen LogP contribution in [0, 0.1) is 5.41 Å². The summed E-state index contributed by atoms with van der Waals surface area (Å²) in [7, 11) is 1.56. The van der Waals surface area contributed by atoms with E-state index >= 15 is 0 Å². The summed E-state index contributed by atoms with van der Waals surface area (Å²) in [5.41, 5.74) is -1.04. The van der Waals surface area contributed by atoms with E-state index in [0.717, 1.165) is 0 Å². The zero-order valence-corrected chi connectivity index (χ0v) is 9.69. The van der Waals surface area contributed by atoms with Crippen LogP contribution in [-0.4, -0.2) is 59.4 Å². The molecule has 0 aromatic heterocycles. The largest absolute Gasteiger partial charge is 0.481 e. The summed E-state index contributed by atoms with van der Waals surface area (Å²) < 4.78 is 0. The molecule has 1 fully saturated rings. The van der Waals surface area contributed by atoms with Crippen molar-refractivity contribution in [1.29, 1.82) is 0 Å². The van der Waals surface area contributed by atoms with Gasteiger partial charge in [0.2, 0.25) is 0 Å². The van der Waals surface area contributed by atoms with E-state index in [1.807, 2.05) is 0 Å². The summed E-state index contributed by atoms with van der Waals surface area (Å²) in [6.07, 6.45) is 0. The summed E-state index contributed by atoms with van der Waals surface area (Å²) in [4.78, 5) is 36.5. The van der Waals surface area contributed by atoms with Crippen LogP contribution in [0.3, 0.4) is 0 Å². The van der Waals surface area contributed by atoms with Crippen molar-refractivity contribution in [3.8, 4) is 0 Å². The Morgan fingerprint density at radius 2 is 1.88 bits per heavy atom. The van der Waals surface area contributed by atoms with Crippen LogP contribution in [-0.2, 0) is 14.4 Å². The fourth-order valence-corrected chi connectivity index (χ4v) is 1.47. The van der Waals surface area contributed by atoms with Gasteiger partial charge in [-0.1, -0.05) is 0 Å². The second-order valence-corrected chi connectivity index (χ2v) is 4.64. The number of aliphatic carboxylic acids is 1. The van der Waals surface area contributed by atoms with Crippen LogP contribution in [0.4, 0.5) is 0 Å². The van der Waals surface area contributed by atoms with E-state index in [1.54, 1.807) is 7.05 Å². The first-order chi connectivity index (χ1) is 7.25. The summed E-state index contributed by atoms with van der Waals surface area (Å²) in [6, 6.07) is 0. The molecule has 90 valence electrons. The van der Waals surface area contributed by atoms with Crippen molar-refractivity contribution in [2.45, 2.75) is 13.8 Å². The molecular weight excluding hydrogens is 212 g/mol. The molecule has 1 N–H and O–H groups in total. The molecule has 1 aliphatic rings. The van der Waals surface area contributed by atoms with Crippen LogP contribution >= 0.6 is 0 Å². The molecule has 0 spiro atoms. The van der Waals surface area contributed by atoms with Crippen molar-refractivity contribution < 1.29 is 19.5 Å². The lowest BCUT2D eigenvalue weighted by Gasteiger charge is -2.35. The van der Waals surface area contributed by atoms with Crippen molar-refractivity contribution in [2.75, 3.05) is 26.7 Å². The van der Waals surface area contributed by atoms with Crippen molar-refractivity contribution in [3.05, 3.63) is 0 Å². The predicted octanol–water partition coefficient (Wildman–Crippen LogP) is -0.602. The number of carbonyl (C=O) groups excluding carboxylic acids is 2. The lowest BCUT2D eigenvalue weighted by atomic mass is 9.93. The van der Waals surface area contributed by atoms with Crippen LogP contribution in [0.5, 0.6) is 0 Å². The quantitative estimate of drug-likeness (QED) is 0.654. The van der Waals surface area contributed by atoms with Gasteiger partial charge in [-0.3, -0.25) is 14.4 Å². The highest BCUT2D eigenvalue weighted by Gasteiger charge is 2.36. The van der Waals surface area contributed by atoms with Gasteiger partial charge in [-0.25, -0.2) is 0 Å². The minimum absolute atomic E-state index is 0.0563. The topological polar surface area (TPSA) is 77.9 Å². The number of rotatable bonds is 3. The molecule has 0 saturated carbocycles. The Labute approximate surface area is 93.8 Å². The average Bonchev–Trinajstić information content (AvgIpc) is 2.19. The van der Waals surface area contributed by atoms with Gasteiger partial charge in [0.1, 0.15) is 0 Å². The van der Waals surface area contributed by atoms with Gasteiger partial charge in [-0.05, 0) is 13.8 Å². The Balaban J connectivity index is 2.73. The lowest BCUT2D eigenvalue weighted by Crippen LogP contribution is -2.55. The molecule has 16 heavy (non-hydrogen) atoms. The van der Waals surface area contributed by atoms with Crippen LogP contribution in [0.1, 0.15) is 13.8 Å². The second kappa shape index (κ2) is 4.11. The molecule has 1 aliphatic heterocycles. The van der Waals surface area contributed by atoms with Gasteiger partial charge in [0.15, 0.2) is 0 Å². The van der Waals surface area contributed by atoms with Gasteiger partial charge in [0, 0.05) is 26.7 Å². The molecule has 6 nitrogen and oxygen atoms in total. The summed E-state index contributed by atoms with van der Waals surface area (Å²) in [5.74, 6) is -2.18. The fourth-order valence-electron chi connectivity index (χ4n) is 1.47. The van der Waals surface area contributed by atoms with E-state index in [-0.39, 0.29) is 6.54 Å². The third kappa shape index (κ3) is 2.32. The molecule has 1 rings (SSSR count). The molecule has 0 aromatic carbocycles. The highest BCUT2D eigenvalue weighted by Crippen LogP contribution is 2.18. The maximum absolute atomic E-state index is 11.6. The third-order valence-electron chi connectivity index (χ3n) is 2.69. The monoisotopic (exact) mass is 228 g/mol. The minimum Gasteiger partial charge on any atom is -0.481 e. The SMILES string of the molecule is CN1CCN(CC(C)(C)C(=O)O)C(=O)C1=O. The smallest absolute Gasteiger partial charge is 0.312 e. The molecule has 0 unspecified atom stereocenters. The summed E-state index contributed by atoms with van der Waals surface area (Å²) >= 11 is 0. The van der Waals surface area contributed by atoms with E-state index in [2.05, 4.69) is 0 Å². The van der Waals surface area contributed by atoms with Gasteiger partial charge in [-0.15, -0.1) is 0 Å². The molecule has 2 amide bonds. The van der Waals surface area contributed by atoms with Crippen molar-refractivity contribution >= 4 is 17.8 Å². The molecule has 6 heteroatoms. The minimum atomic E-state index is -1.04. The standard InChI is InChI=1S/C10H16N2O4/c1-10(2,9(15)16)6-12-5-4-11(3)7(13)8(12)14/h4-6H2,1-3H3,(H,15,16). The number of nitrogens with zero attached hydrogens (tertiary/aromatic N) is 2. The molecule has 1 heterocycles. The van der Waals surface area contributed by atoms with Gasteiger partial charge in [0.25, 0.3) is 0 Å². The first-order valence-electron chi connectivity index (χ1n) is 5.03. The average molecular weight is 228 g/mol. The molecule has 0 bridgehead atoms. The molecule has 0 radical (unpaired) electrons. The number of piperazine rings is 1. The fraction of sp³-hybridized carbons (Fsp3) is 0.700. The highest BCUT2D eigenvalue weighted by molar-refractivity contribution is 6.35. The van der Waals surface area contributed by atoms with Gasteiger partial charge < -0.3 is 14.9 Å². The van der Waals surface area contributed by atoms with Crippen molar-refractivity contribution in [1.82, 2.24) is 9.80 Å². The van der Waals surface area contributed by atoms with Gasteiger partial charge in [-0.2, -0.15) is 0 Å². The summed E-state index contributed by atoms with van der Waals surface area (Å²) in [6.45, 7) is 3.95. The normalized spacial score (nSPS) is 17.9. The maximum Gasteiger partial charge on any atom is 0.312 e. The van der Waals surface area contributed by atoms with Crippen LogP contribution in [0.25, 0.3) is 0 Å². The number of hydrogen-bond acceptors (Lipinski definition) is 3. The van der Waals surface area contributed by atoms with E-state index < -0.39 is 23.2 Å². The number of amides is 2. The number of carboxylic acid groups (broad SMARTS) is 1. The van der Waals surface area contributed by atoms with E-state index in [4.69, 9.17) is 5.11 Å². The Morgan fingerprint density at radius 1 is 1.31 bits per heavy atom. The molecule has 0 atom stereocenters. The van der Waals surface area contributed by atoms with E-state index in [9.17, 15) is 14.4 Å². The Morgan fingerprint density at radius 3 is 2.38 bits per heavy atom. The van der Waals surface area contributed by atoms with E-state index in [1.165, 1.54) is 23.6 Å². The van der Waals surface area contributed by atoms with Gasteiger partial charge >= 0.3 is 17.8 Å². The highest BCUT2D eigenvalue weighted by atomic mass is 16.4. The molecular formula is C10H16N2O4. The molecule has 0 aromatic rings. The predicted molar refractivity (Wildman–Crippen MR) is 55.6 cm³/mol. The molecule has 1 saturated heterocycles. The van der Waals surface area contributed by atoms with Crippen LogP contribution < -0.4 is 0 Å². The Hall–Kier alpha value is -1.59. The van der Waals surface area contributed by atoms with Crippen LogP contribution in [0.15, 0.2) is 0 Å². The number of carbonyl (C=O) groups is 3. The maximum atomic E-state index is 11.6. The van der Waals surface area contributed by atoms with Gasteiger partial charge in [0.05, 0.1) is 5.41 Å². The van der Waals surface area contributed by atoms with Crippen molar-refractivity contribution in [2.24, 2.45) is 5.41 Å². The summed E-state index contributed by atoms with van der Waals surface area (Å²) in [5, 5.41) is 8.94. The first kappa shape index (κ1) is 12.5. The zero-order valence-electron chi connectivity index (χ0n) is 9.69. The third-order valence-corrected chi connectivity index (χ3v) is 2.69. The number of carboxylic acids is 1. The van der Waals surface area contributed by atoms with Crippen molar-refractivity contribution in [3.63, 3.8) is 0 Å². The van der Waals surface area contributed by atoms with Crippen LogP contribution in [0.2, 0.25) is 0 Å². The van der Waals surface area contributed by atoms with E-state index in [0.29, 0.717) is 13.1 Å². The number of hydrogen-bond donors (Lipinski definition) is 1. The zero-order chi connectivity index (χ0) is 12.5. The first-order valence-corrected chi connectivity index (χ1v) is 5.03. The lowest BCUT2D eigenvalue weighted by molar-refractivity contribution is -0.158. The number of likely N-dealkylation sites (N-methyl/N-ethyl adjacent to an activating group) is 1.